The number of rotatable bonds is 8. The highest BCUT2D eigenvalue weighted by Crippen LogP contribution is 2.38. The number of aromatic hydroxyl groups is 1. The summed E-state index contributed by atoms with van der Waals surface area (Å²) in [5.74, 6) is 0.234. The van der Waals surface area contributed by atoms with Gasteiger partial charge in [0.05, 0.1) is 15.2 Å². The van der Waals surface area contributed by atoms with Gasteiger partial charge < -0.3 is 19.8 Å². The maximum atomic E-state index is 10.4. The predicted molar refractivity (Wildman–Crippen MR) is 120 cm³/mol. The summed E-state index contributed by atoms with van der Waals surface area (Å²) >= 11 is 6.95. The molecule has 0 saturated heterocycles. The monoisotopic (exact) mass is 533 g/mol. The average Bonchev–Trinajstić information content (AvgIpc) is 2.71. The van der Waals surface area contributed by atoms with Gasteiger partial charge in [0.2, 0.25) is 6.61 Å². The molecule has 30 heavy (non-hydrogen) atoms. The second-order valence-corrected chi connectivity index (χ2v) is 7.98. The number of hydrogen-bond donors (Lipinski definition) is 2. The van der Waals surface area contributed by atoms with E-state index in [-0.39, 0.29) is 5.75 Å². The zero-order chi connectivity index (χ0) is 21.5. The van der Waals surface area contributed by atoms with E-state index in [9.17, 15) is 9.90 Å². The largest absolute Gasteiger partial charge is 0.508 e. The number of aliphatic carboxylic acids is 1. The lowest BCUT2D eigenvalue weighted by Gasteiger charge is -2.13. The summed E-state index contributed by atoms with van der Waals surface area (Å²) in [6.45, 7) is -0.508. The van der Waals surface area contributed by atoms with Crippen LogP contribution in [0.5, 0.6) is 17.2 Å². The Bertz CT molecular complexity index is 1050. The zero-order valence-corrected chi connectivity index (χ0v) is 18.8. The molecule has 0 atom stereocenters. The van der Waals surface area contributed by atoms with Crippen molar-refractivity contribution < 1.29 is 24.6 Å². The molecule has 0 heterocycles. The van der Waals surface area contributed by atoms with Crippen LogP contribution in [-0.4, -0.2) is 29.0 Å². The average molecular weight is 535 g/mol. The van der Waals surface area contributed by atoms with Gasteiger partial charge in [-0.25, -0.2) is 4.79 Å². The smallest absolute Gasteiger partial charge is 0.344 e. The van der Waals surface area contributed by atoms with Gasteiger partial charge in [0, 0.05) is 12.0 Å². The molecule has 0 aliphatic heterocycles. The highest BCUT2D eigenvalue weighted by atomic mass is 79.9. The number of oxime groups is 1. The fourth-order valence-electron chi connectivity index (χ4n) is 2.64. The van der Waals surface area contributed by atoms with Crippen molar-refractivity contribution in [2.24, 2.45) is 5.16 Å². The third-order valence-corrected chi connectivity index (χ3v) is 5.17. The number of carboxylic acid groups (broad SMARTS) is 1. The van der Waals surface area contributed by atoms with E-state index in [1.807, 2.05) is 30.3 Å². The molecule has 0 bridgehead atoms. The fourth-order valence-corrected chi connectivity index (χ4v) is 4.03. The van der Waals surface area contributed by atoms with E-state index in [0.29, 0.717) is 32.4 Å². The third-order valence-electron chi connectivity index (χ3n) is 3.99. The number of hydrogen-bond acceptors (Lipinski definition) is 5. The van der Waals surface area contributed by atoms with Crippen LogP contribution in [0.1, 0.15) is 16.7 Å². The molecule has 0 aliphatic rings. The van der Waals surface area contributed by atoms with Crippen LogP contribution in [0.3, 0.4) is 0 Å². The van der Waals surface area contributed by atoms with Crippen molar-refractivity contribution in [3.8, 4) is 17.2 Å². The number of carbonyl (C=O) groups is 1. The summed E-state index contributed by atoms with van der Waals surface area (Å²) in [4.78, 5) is 15.1. The second-order valence-electron chi connectivity index (χ2n) is 6.27. The molecule has 154 valence electrons. The van der Waals surface area contributed by atoms with Crippen molar-refractivity contribution in [1.82, 2.24) is 0 Å². The first-order chi connectivity index (χ1) is 14.4. The number of phenolic OH excluding ortho intramolecular Hbond substituents is 1. The van der Waals surface area contributed by atoms with Crippen LogP contribution in [-0.2, 0) is 16.1 Å². The van der Waals surface area contributed by atoms with Crippen LogP contribution in [0, 0.1) is 0 Å². The SMILES string of the molecule is O=C(O)CO/N=C/c1cc(Br)c(Oc2ccc(O)c(Cc3ccccc3)c2)c(Br)c1. The van der Waals surface area contributed by atoms with Crippen molar-refractivity contribution in [1.29, 1.82) is 0 Å². The Morgan fingerprint density at radius 1 is 1.03 bits per heavy atom. The van der Waals surface area contributed by atoms with E-state index in [2.05, 4.69) is 41.9 Å². The van der Waals surface area contributed by atoms with E-state index >= 15 is 0 Å². The normalized spacial score (nSPS) is 10.9. The van der Waals surface area contributed by atoms with Crippen molar-refractivity contribution in [2.75, 3.05) is 6.61 Å². The van der Waals surface area contributed by atoms with Gasteiger partial charge in [-0.05, 0) is 73.3 Å². The van der Waals surface area contributed by atoms with Crippen molar-refractivity contribution in [2.45, 2.75) is 6.42 Å². The second kappa shape index (κ2) is 10.3. The van der Waals surface area contributed by atoms with Crippen molar-refractivity contribution in [3.63, 3.8) is 0 Å². The molecule has 0 amide bonds. The van der Waals surface area contributed by atoms with Crippen LogP contribution in [0.2, 0.25) is 0 Å². The Hall–Kier alpha value is -2.84. The van der Waals surface area contributed by atoms with E-state index in [1.54, 1.807) is 30.3 Å². The topological polar surface area (TPSA) is 88.4 Å². The number of phenols is 1. The Balaban J connectivity index is 1.77. The van der Waals surface area contributed by atoms with Crippen LogP contribution in [0.25, 0.3) is 0 Å². The van der Waals surface area contributed by atoms with Gasteiger partial charge >= 0.3 is 5.97 Å². The fraction of sp³-hybridized carbons (Fsp3) is 0.0909. The molecule has 0 spiro atoms. The van der Waals surface area contributed by atoms with Crippen LogP contribution in [0.15, 0.2) is 74.8 Å². The highest BCUT2D eigenvalue weighted by Gasteiger charge is 2.12. The minimum atomic E-state index is -1.10. The third kappa shape index (κ3) is 6.08. The van der Waals surface area contributed by atoms with Gasteiger partial charge in [-0.2, -0.15) is 0 Å². The molecule has 0 unspecified atom stereocenters. The zero-order valence-electron chi connectivity index (χ0n) is 15.6. The summed E-state index contributed by atoms with van der Waals surface area (Å²) in [6.07, 6.45) is 1.98. The molecule has 0 radical (unpaired) electrons. The number of benzene rings is 3. The van der Waals surface area contributed by atoms with E-state index < -0.39 is 12.6 Å². The lowest BCUT2D eigenvalue weighted by Crippen LogP contribution is -2.03. The summed E-state index contributed by atoms with van der Waals surface area (Å²) in [7, 11) is 0. The van der Waals surface area contributed by atoms with Gasteiger partial charge in [0.25, 0.3) is 0 Å². The highest BCUT2D eigenvalue weighted by molar-refractivity contribution is 9.11. The maximum Gasteiger partial charge on any atom is 0.344 e. The lowest BCUT2D eigenvalue weighted by molar-refractivity contribution is -0.142. The first-order valence-electron chi connectivity index (χ1n) is 8.82. The number of halogens is 2. The van der Waals surface area contributed by atoms with Crippen molar-refractivity contribution in [3.05, 3.63) is 86.3 Å². The van der Waals surface area contributed by atoms with Crippen LogP contribution >= 0.6 is 31.9 Å². The maximum absolute atomic E-state index is 10.4. The molecule has 0 aromatic heterocycles. The standard InChI is InChI=1S/C22H17Br2NO5/c23-18-9-15(12-25-29-13-21(27)28)10-19(24)22(18)30-17-6-7-20(26)16(11-17)8-14-4-2-1-3-5-14/h1-7,9-12,26H,8,13H2,(H,27,28)/b25-12+. The molecular formula is C22H17Br2NO5. The molecule has 0 saturated carbocycles. The molecule has 6 nitrogen and oxygen atoms in total. The molecule has 3 rings (SSSR count). The minimum absolute atomic E-state index is 0.206. The Morgan fingerprint density at radius 2 is 1.73 bits per heavy atom. The first kappa shape index (κ1) is 21.9. The van der Waals surface area contributed by atoms with E-state index in [0.717, 1.165) is 11.1 Å². The van der Waals surface area contributed by atoms with Gasteiger partial charge in [0.1, 0.15) is 11.5 Å². The van der Waals surface area contributed by atoms with Gasteiger partial charge in [-0.3, -0.25) is 0 Å². The summed E-state index contributed by atoms with van der Waals surface area (Å²) in [5.41, 5.74) is 2.52. The Labute approximate surface area is 190 Å². The first-order valence-corrected chi connectivity index (χ1v) is 10.4. The molecule has 3 aromatic carbocycles. The summed E-state index contributed by atoms with van der Waals surface area (Å²) < 4.78 is 7.35. The molecule has 0 fully saturated rings. The summed E-state index contributed by atoms with van der Waals surface area (Å²) in [5, 5.41) is 22.4. The number of nitrogens with zero attached hydrogens (tertiary/aromatic N) is 1. The molecule has 0 aliphatic carbocycles. The van der Waals surface area contributed by atoms with Crippen LogP contribution in [0.4, 0.5) is 0 Å². The van der Waals surface area contributed by atoms with E-state index in [1.165, 1.54) is 6.21 Å². The molecule has 2 N–H and O–H groups in total. The molecule has 8 heteroatoms. The van der Waals surface area contributed by atoms with Gasteiger partial charge in [-0.1, -0.05) is 35.5 Å². The molecule has 3 aromatic rings. The minimum Gasteiger partial charge on any atom is -0.508 e. The quantitative estimate of drug-likeness (QED) is 0.284. The van der Waals surface area contributed by atoms with Crippen LogP contribution < -0.4 is 4.74 Å². The number of ether oxygens (including phenoxy) is 1. The summed E-state index contributed by atoms with van der Waals surface area (Å²) in [6, 6.07) is 18.5. The number of carboxylic acids is 1. The predicted octanol–water partition coefficient (Wildman–Crippen LogP) is 5.74. The Morgan fingerprint density at radius 3 is 2.40 bits per heavy atom. The Kier molecular flexibility index (Phi) is 7.48. The lowest BCUT2D eigenvalue weighted by atomic mass is 10.0. The van der Waals surface area contributed by atoms with Gasteiger partial charge in [0.15, 0.2) is 5.75 Å². The van der Waals surface area contributed by atoms with Gasteiger partial charge in [-0.15, -0.1) is 0 Å². The molecular weight excluding hydrogens is 518 g/mol. The van der Waals surface area contributed by atoms with E-state index in [4.69, 9.17) is 9.84 Å². The van der Waals surface area contributed by atoms with Crippen molar-refractivity contribution >= 4 is 44.0 Å².